The predicted octanol–water partition coefficient (Wildman–Crippen LogP) is 4.11. The standard InChI is InChI=1S/C18H20ClNO5S/c1-3-4-11-25-18(21)13-5-8-15(9-6-13)20-26(22,23)17-12-14(19)7-10-16(17)24-2/h5-10,12,20H,3-4,11H2,1-2H3. The molecule has 0 aliphatic carbocycles. The second kappa shape index (κ2) is 8.91. The smallest absolute Gasteiger partial charge is 0.338 e. The Bertz CT molecular complexity index is 866. The van der Waals surface area contributed by atoms with Crippen molar-refractivity contribution in [2.45, 2.75) is 24.7 Å². The summed E-state index contributed by atoms with van der Waals surface area (Å²) in [4.78, 5) is 11.8. The number of benzene rings is 2. The molecule has 0 aliphatic rings. The van der Waals surface area contributed by atoms with Gasteiger partial charge >= 0.3 is 5.97 Å². The number of anilines is 1. The Hall–Kier alpha value is -2.25. The molecule has 0 unspecified atom stereocenters. The molecule has 0 aromatic heterocycles. The first kappa shape index (κ1) is 20.1. The summed E-state index contributed by atoms with van der Waals surface area (Å²) in [6.07, 6.45) is 1.73. The number of esters is 1. The number of halogens is 1. The van der Waals surface area contributed by atoms with Gasteiger partial charge in [-0.3, -0.25) is 4.72 Å². The first-order valence-electron chi connectivity index (χ1n) is 8.01. The van der Waals surface area contributed by atoms with Gasteiger partial charge in [0.25, 0.3) is 10.0 Å². The molecule has 2 aromatic rings. The maximum atomic E-state index is 12.6. The number of hydrogen-bond donors (Lipinski definition) is 1. The molecule has 0 spiro atoms. The second-order valence-electron chi connectivity index (χ2n) is 5.47. The average Bonchev–Trinajstić information content (AvgIpc) is 2.62. The van der Waals surface area contributed by atoms with E-state index in [0.29, 0.717) is 17.9 Å². The van der Waals surface area contributed by atoms with Crippen LogP contribution in [0.2, 0.25) is 5.02 Å². The molecule has 0 amide bonds. The van der Waals surface area contributed by atoms with Gasteiger partial charge in [0.1, 0.15) is 10.6 Å². The molecule has 1 N–H and O–H groups in total. The van der Waals surface area contributed by atoms with Gasteiger partial charge in [0.05, 0.1) is 19.3 Å². The Kier molecular flexibility index (Phi) is 6.88. The van der Waals surface area contributed by atoms with Crippen LogP contribution in [0.25, 0.3) is 0 Å². The van der Waals surface area contributed by atoms with Crippen molar-refractivity contribution in [2.75, 3.05) is 18.4 Å². The van der Waals surface area contributed by atoms with Gasteiger partial charge < -0.3 is 9.47 Å². The predicted molar refractivity (Wildman–Crippen MR) is 100 cm³/mol. The third-order valence-electron chi connectivity index (χ3n) is 3.52. The number of sulfonamides is 1. The summed E-state index contributed by atoms with van der Waals surface area (Å²) >= 11 is 5.89. The number of rotatable bonds is 8. The number of hydrogen-bond acceptors (Lipinski definition) is 5. The zero-order valence-corrected chi connectivity index (χ0v) is 16.1. The van der Waals surface area contributed by atoms with Gasteiger partial charge in [-0.2, -0.15) is 0 Å². The van der Waals surface area contributed by atoms with Gasteiger partial charge in [0.15, 0.2) is 0 Å². The lowest BCUT2D eigenvalue weighted by molar-refractivity contribution is 0.0500. The van der Waals surface area contributed by atoms with Crippen LogP contribution in [0.5, 0.6) is 5.75 Å². The summed E-state index contributed by atoms with van der Waals surface area (Å²) in [5.74, 6) is -0.262. The second-order valence-corrected chi connectivity index (χ2v) is 7.55. The van der Waals surface area contributed by atoms with Gasteiger partial charge in [-0.25, -0.2) is 13.2 Å². The van der Waals surface area contributed by atoms with Crippen molar-refractivity contribution in [3.63, 3.8) is 0 Å². The van der Waals surface area contributed by atoms with Crippen molar-refractivity contribution in [1.29, 1.82) is 0 Å². The fourth-order valence-corrected chi connectivity index (χ4v) is 3.63. The van der Waals surface area contributed by atoms with Crippen molar-refractivity contribution >= 4 is 33.3 Å². The van der Waals surface area contributed by atoms with Crippen molar-refractivity contribution in [3.8, 4) is 5.75 Å². The fraction of sp³-hybridized carbons (Fsp3) is 0.278. The van der Waals surface area contributed by atoms with E-state index in [9.17, 15) is 13.2 Å². The van der Waals surface area contributed by atoms with E-state index in [1.165, 1.54) is 43.5 Å². The molecule has 0 fully saturated rings. The summed E-state index contributed by atoms with van der Waals surface area (Å²) in [6.45, 7) is 2.36. The molecule has 0 saturated heterocycles. The molecule has 0 aliphatic heterocycles. The minimum absolute atomic E-state index is 0.0736. The summed E-state index contributed by atoms with van der Waals surface area (Å²) in [5, 5.41) is 0.274. The zero-order chi connectivity index (χ0) is 19.2. The third kappa shape index (κ3) is 5.12. The molecule has 0 saturated carbocycles. The molecular formula is C18H20ClNO5S. The number of methoxy groups -OCH3 is 1. The molecule has 0 radical (unpaired) electrons. The number of nitrogens with one attached hydrogen (secondary N) is 1. The summed E-state index contributed by atoms with van der Waals surface area (Å²) in [5.41, 5.74) is 0.654. The summed E-state index contributed by atoms with van der Waals surface area (Å²) in [6, 6.07) is 10.3. The number of ether oxygens (including phenoxy) is 2. The lowest BCUT2D eigenvalue weighted by Crippen LogP contribution is -2.14. The average molecular weight is 398 g/mol. The number of carbonyl (C=O) groups is 1. The van der Waals surface area contributed by atoms with Gasteiger partial charge in [0.2, 0.25) is 0 Å². The zero-order valence-electron chi connectivity index (χ0n) is 14.5. The minimum atomic E-state index is -3.90. The van der Waals surface area contributed by atoms with Gasteiger partial charge in [-0.1, -0.05) is 24.9 Å². The highest BCUT2D eigenvalue weighted by molar-refractivity contribution is 7.92. The molecule has 0 heterocycles. The topological polar surface area (TPSA) is 81.7 Å². The number of unbranched alkanes of at least 4 members (excludes halogenated alkanes) is 1. The summed E-state index contributed by atoms with van der Waals surface area (Å²) < 4.78 is 37.8. The highest BCUT2D eigenvalue weighted by Crippen LogP contribution is 2.28. The van der Waals surface area contributed by atoms with Crippen molar-refractivity contribution in [3.05, 3.63) is 53.1 Å². The van der Waals surface area contributed by atoms with Crippen molar-refractivity contribution in [1.82, 2.24) is 0 Å². The Balaban J connectivity index is 2.15. The molecule has 6 nitrogen and oxygen atoms in total. The van der Waals surface area contributed by atoms with Crippen LogP contribution in [0.4, 0.5) is 5.69 Å². The Morgan fingerprint density at radius 3 is 2.46 bits per heavy atom. The Morgan fingerprint density at radius 2 is 1.85 bits per heavy atom. The lowest BCUT2D eigenvalue weighted by Gasteiger charge is -2.12. The van der Waals surface area contributed by atoms with E-state index in [1.54, 1.807) is 6.07 Å². The van der Waals surface area contributed by atoms with Crippen LogP contribution in [0.3, 0.4) is 0 Å². The van der Waals surface area contributed by atoms with Crippen LogP contribution in [0.1, 0.15) is 30.1 Å². The van der Waals surface area contributed by atoms with E-state index in [-0.39, 0.29) is 15.7 Å². The fourth-order valence-electron chi connectivity index (χ4n) is 2.14. The Morgan fingerprint density at radius 1 is 1.15 bits per heavy atom. The first-order valence-corrected chi connectivity index (χ1v) is 9.87. The van der Waals surface area contributed by atoms with Crippen LogP contribution < -0.4 is 9.46 Å². The molecule has 2 aromatic carbocycles. The van der Waals surface area contributed by atoms with E-state index < -0.39 is 16.0 Å². The largest absolute Gasteiger partial charge is 0.495 e. The van der Waals surface area contributed by atoms with E-state index in [1.807, 2.05) is 6.92 Å². The van der Waals surface area contributed by atoms with Gasteiger partial charge in [-0.05, 0) is 48.9 Å². The molecule has 8 heteroatoms. The molecule has 26 heavy (non-hydrogen) atoms. The van der Waals surface area contributed by atoms with Crippen LogP contribution in [0.15, 0.2) is 47.4 Å². The van der Waals surface area contributed by atoms with Gasteiger partial charge in [-0.15, -0.1) is 0 Å². The Labute approximate surface area is 158 Å². The molecule has 140 valence electrons. The highest BCUT2D eigenvalue weighted by atomic mass is 35.5. The summed E-state index contributed by atoms with van der Waals surface area (Å²) in [7, 11) is -2.53. The van der Waals surface area contributed by atoms with Gasteiger partial charge in [0, 0.05) is 10.7 Å². The molecular weight excluding hydrogens is 378 g/mol. The van der Waals surface area contributed by atoms with Crippen LogP contribution >= 0.6 is 11.6 Å². The van der Waals surface area contributed by atoms with E-state index in [0.717, 1.165) is 12.8 Å². The molecule has 2 rings (SSSR count). The third-order valence-corrected chi connectivity index (χ3v) is 5.16. The van der Waals surface area contributed by atoms with Crippen LogP contribution in [-0.2, 0) is 14.8 Å². The van der Waals surface area contributed by atoms with E-state index in [4.69, 9.17) is 21.1 Å². The molecule has 0 bridgehead atoms. The van der Waals surface area contributed by atoms with E-state index >= 15 is 0 Å². The van der Waals surface area contributed by atoms with Crippen molar-refractivity contribution in [2.24, 2.45) is 0 Å². The van der Waals surface area contributed by atoms with Crippen molar-refractivity contribution < 1.29 is 22.7 Å². The minimum Gasteiger partial charge on any atom is -0.495 e. The van der Waals surface area contributed by atoms with Crippen LogP contribution in [-0.4, -0.2) is 28.1 Å². The highest BCUT2D eigenvalue weighted by Gasteiger charge is 2.20. The van der Waals surface area contributed by atoms with Crippen LogP contribution in [0, 0.1) is 0 Å². The SMILES string of the molecule is CCCCOC(=O)c1ccc(NS(=O)(=O)c2cc(Cl)ccc2OC)cc1. The maximum absolute atomic E-state index is 12.6. The first-order chi connectivity index (χ1) is 12.4. The monoisotopic (exact) mass is 397 g/mol. The lowest BCUT2D eigenvalue weighted by atomic mass is 10.2. The van der Waals surface area contributed by atoms with E-state index in [2.05, 4.69) is 4.72 Å². The maximum Gasteiger partial charge on any atom is 0.338 e. The molecule has 0 atom stereocenters. The number of carbonyl (C=O) groups excluding carboxylic acids is 1. The normalized spacial score (nSPS) is 11.0. The quantitative estimate of drug-likeness (QED) is 0.535.